The molecule has 0 amide bonds. The first-order valence-corrected chi connectivity index (χ1v) is 6.56. The molecule has 17 heavy (non-hydrogen) atoms. The van der Waals surface area contributed by atoms with Crippen LogP contribution in [0.1, 0.15) is 31.2 Å². The molecule has 0 spiro atoms. The Labute approximate surface area is 103 Å². The van der Waals surface area contributed by atoms with Gasteiger partial charge in [0.15, 0.2) is 0 Å². The smallest absolute Gasteiger partial charge is 0.0666 e. The van der Waals surface area contributed by atoms with E-state index in [0.717, 1.165) is 13.2 Å². The third-order valence-corrected chi connectivity index (χ3v) is 3.52. The minimum absolute atomic E-state index is 0.455. The number of nitrogens with zero attached hydrogens (tertiary/aromatic N) is 2. The number of aryl methyl sites for hydroxylation is 1. The van der Waals surface area contributed by atoms with Crippen LogP contribution >= 0.6 is 0 Å². The second kappa shape index (κ2) is 6.17. The lowest BCUT2D eigenvalue weighted by molar-refractivity contribution is 0.0178. The fraction of sp³-hybridized carbons (Fsp3) is 0.769. The van der Waals surface area contributed by atoms with Crippen LogP contribution in [0.3, 0.4) is 0 Å². The van der Waals surface area contributed by atoms with E-state index in [2.05, 4.69) is 23.5 Å². The first kappa shape index (κ1) is 12.6. The number of aromatic nitrogens is 2. The van der Waals surface area contributed by atoms with Crippen LogP contribution in [-0.2, 0) is 11.3 Å². The van der Waals surface area contributed by atoms with Gasteiger partial charge < -0.3 is 10.1 Å². The molecule has 1 N–H and O–H groups in total. The molecule has 0 unspecified atom stereocenters. The van der Waals surface area contributed by atoms with E-state index in [-0.39, 0.29) is 0 Å². The van der Waals surface area contributed by atoms with Gasteiger partial charge in [0, 0.05) is 12.2 Å². The number of hydrogen-bond acceptors (Lipinski definition) is 3. The molecule has 1 aromatic rings. The first-order chi connectivity index (χ1) is 8.28. The highest BCUT2D eigenvalue weighted by molar-refractivity contribution is 4.99. The molecule has 1 aliphatic carbocycles. The summed E-state index contributed by atoms with van der Waals surface area (Å²) in [6, 6.07) is 0.698. The van der Waals surface area contributed by atoms with Crippen molar-refractivity contribution in [2.75, 3.05) is 13.7 Å². The van der Waals surface area contributed by atoms with Crippen LogP contribution < -0.4 is 5.32 Å². The average molecular weight is 237 g/mol. The van der Waals surface area contributed by atoms with E-state index in [1.807, 2.05) is 17.9 Å². The van der Waals surface area contributed by atoms with Gasteiger partial charge in [-0.05, 0) is 45.2 Å². The minimum Gasteiger partial charge on any atom is -0.376 e. The van der Waals surface area contributed by atoms with Gasteiger partial charge in [-0.1, -0.05) is 0 Å². The SMILES string of the molecule is CNC1CCC(OCCn2cc(C)cn2)CC1. The molecule has 4 nitrogen and oxygen atoms in total. The monoisotopic (exact) mass is 237 g/mol. The molecule has 0 saturated heterocycles. The van der Waals surface area contributed by atoms with Crippen molar-refractivity contribution in [1.82, 2.24) is 15.1 Å². The maximum absolute atomic E-state index is 5.90. The maximum atomic E-state index is 5.90. The van der Waals surface area contributed by atoms with Crippen LogP contribution in [0.5, 0.6) is 0 Å². The molecule has 1 aliphatic rings. The lowest BCUT2D eigenvalue weighted by atomic mass is 9.93. The zero-order chi connectivity index (χ0) is 12.1. The molecule has 0 aliphatic heterocycles. The predicted octanol–water partition coefficient (Wildman–Crippen LogP) is 1.74. The van der Waals surface area contributed by atoms with Gasteiger partial charge >= 0.3 is 0 Å². The Kier molecular flexibility index (Phi) is 4.57. The van der Waals surface area contributed by atoms with Crippen molar-refractivity contribution in [2.45, 2.75) is 51.3 Å². The quantitative estimate of drug-likeness (QED) is 0.848. The van der Waals surface area contributed by atoms with Gasteiger partial charge in [-0.15, -0.1) is 0 Å². The fourth-order valence-corrected chi connectivity index (χ4v) is 2.42. The standard InChI is InChI=1S/C13H23N3O/c1-11-9-15-16(10-11)7-8-17-13-5-3-12(14-2)4-6-13/h9-10,12-14H,3-8H2,1-2H3. The minimum atomic E-state index is 0.455. The number of nitrogens with one attached hydrogen (secondary N) is 1. The maximum Gasteiger partial charge on any atom is 0.0666 e. The second-order valence-electron chi connectivity index (χ2n) is 4.91. The third-order valence-electron chi connectivity index (χ3n) is 3.52. The lowest BCUT2D eigenvalue weighted by Crippen LogP contribution is -2.33. The zero-order valence-corrected chi connectivity index (χ0v) is 10.9. The van der Waals surface area contributed by atoms with Crippen LogP contribution in [0.2, 0.25) is 0 Å². The Morgan fingerprint density at radius 3 is 2.76 bits per heavy atom. The normalized spacial score (nSPS) is 25.1. The van der Waals surface area contributed by atoms with Crippen LogP contribution in [0.4, 0.5) is 0 Å². The Morgan fingerprint density at radius 2 is 2.18 bits per heavy atom. The van der Waals surface area contributed by atoms with Crippen LogP contribution in [-0.4, -0.2) is 35.6 Å². The summed E-state index contributed by atoms with van der Waals surface area (Å²) >= 11 is 0. The first-order valence-electron chi connectivity index (χ1n) is 6.56. The molecule has 96 valence electrons. The summed E-state index contributed by atoms with van der Waals surface area (Å²) in [5.74, 6) is 0. The molecule has 1 heterocycles. The van der Waals surface area contributed by atoms with E-state index in [0.29, 0.717) is 12.1 Å². The summed E-state index contributed by atoms with van der Waals surface area (Å²) < 4.78 is 7.85. The van der Waals surface area contributed by atoms with Crippen molar-refractivity contribution in [2.24, 2.45) is 0 Å². The Balaban J connectivity index is 1.63. The van der Waals surface area contributed by atoms with Gasteiger partial charge in [-0.3, -0.25) is 4.68 Å². The van der Waals surface area contributed by atoms with Crippen molar-refractivity contribution >= 4 is 0 Å². The van der Waals surface area contributed by atoms with Gasteiger partial charge in [0.1, 0.15) is 0 Å². The van der Waals surface area contributed by atoms with Gasteiger partial charge in [0.2, 0.25) is 0 Å². The Morgan fingerprint density at radius 1 is 1.41 bits per heavy atom. The fourth-order valence-electron chi connectivity index (χ4n) is 2.42. The molecule has 4 heteroatoms. The van der Waals surface area contributed by atoms with E-state index in [9.17, 15) is 0 Å². The summed E-state index contributed by atoms with van der Waals surface area (Å²) in [7, 11) is 2.05. The van der Waals surface area contributed by atoms with Gasteiger partial charge in [-0.25, -0.2) is 0 Å². The van der Waals surface area contributed by atoms with E-state index >= 15 is 0 Å². The molecular formula is C13H23N3O. The molecule has 1 saturated carbocycles. The van der Waals surface area contributed by atoms with Crippen LogP contribution in [0.25, 0.3) is 0 Å². The number of rotatable bonds is 5. The van der Waals surface area contributed by atoms with Gasteiger partial charge in [0.05, 0.1) is 25.5 Å². The zero-order valence-electron chi connectivity index (χ0n) is 10.9. The van der Waals surface area contributed by atoms with Gasteiger partial charge in [0.25, 0.3) is 0 Å². The Hall–Kier alpha value is -0.870. The number of hydrogen-bond donors (Lipinski definition) is 1. The van der Waals surface area contributed by atoms with Crippen molar-refractivity contribution in [3.05, 3.63) is 18.0 Å². The molecule has 0 aromatic carbocycles. The molecule has 2 rings (SSSR count). The van der Waals surface area contributed by atoms with E-state index < -0.39 is 0 Å². The van der Waals surface area contributed by atoms with Crippen molar-refractivity contribution in [3.8, 4) is 0 Å². The average Bonchev–Trinajstić information content (AvgIpc) is 2.76. The summed E-state index contributed by atoms with van der Waals surface area (Å²) in [6.45, 7) is 3.69. The van der Waals surface area contributed by atoms with Crippen molar-refractivity contribution in [3.63, 3.8) is 0 Å². The third kappa shape index (κ3) is 3.82. The highest BCUT2D eigenvalue weighted by Crippen LogP contribution is 2.20. The molecule has 1 aromatic heterocycles. The Bertz CT molecular complexity index is 329. The van der Waals surface area contributed by atoms with E-state index in [1.54, 1.807) is 0 Å². The number of ether oxygens (including phenoxy) is 1. The highest BCUT2D eigenvalue weighted by atomic mass is 16.5. The predicted molar refractivity (Wildman–Crippen MR) is 68.0 cm³/mol. The van der Waals surface area contributed by atoms with Crippen molar-refractivity contribution < 1.29 is 4.74 Å². The van der Waals surface area contributed by atoms with Crippen LogP contribution in [0.15, 0.2) is 12.4 Å². The van der Waals surface area contributed by atoms with Gasteiger partial charge in [-0.2, -0.15) is 5.10 Å². The largest absolute Gasteiger partial charge is 0.376 e. The lowest BCUT2D eigenvalue weighted by Gasteiger charge is -2.28. The second-order valence-corrected chi connectivity index (χ2v) is 4.91. The summed E-state index contributed by atoms with van der Waals surface area (Å²) in [4.78, 5) is 0. The van der Waals surface area contributed by atoms with E-state index in [4.69, 9.17) is 4.74 Å². The molecule has 0 atom stereocenters. The van der Waals surface area contributed by atoms with Crippen LogP contribution in [0, 0.1) is 6.92 Å². The molecule has 0 radical (unpaired) electrons. The summed E-state index contributed by atoms with van der Waals surface area (Å²) in [6.07, 6.45) is 9.24. The summed E-state index contributed by atoms with van der Waals surface area (Å²) in [5.41, 5.74) is 1.21. The summed E-state index contributed by atoms with van der Waals surface area (Å²) in [5, 5.41) is 7.59. The molecule has 1 fully saturated rings. The topological polar surface area (TPSA) is 39.1 Å². The van der Waals surface area contributed by atoms with Crippen molar-refractivity contribution in [1.29, 1.82) is 0 Å². The highest BCUT2D eigenvalue weighted by Gasteiger charge is 2.19. The van der Waals surface area contributed by atoms with E-state index in [1.165, 1.54) is 31.2 Å². The molecule has 0 bridgehead atoms. The molecular weight excluding hydrogens is 214 g/mol.